The summed E-state index contributed by atoms with van der Waals surface area (Å²) in [5.74, 6) is -2.20. The van der Waals surface area contributed by atoms with Crippen molar-refractivity contribution in [1.82, 2.24) is 4.98 Å². The predicted octanol–water partition coefficient (Wildman–Crippen LogP) is 6.16. The van der Waals surface area contributed by atoms with Gasteiger partial charge in [0.05, 0.1) is 22.4 Å². The van der Waals surface area contributed by atoms with Crippen LogP contribution in [0.3, 0.4) is 0 Å². The van der Waals surface area contributed by atoms with Crippen molar-refractivity contribution in [3.05, 3.63) is 88.9 Å². The second kappa shape index (κ2) is 7.31. The molecule has 0 saturated carbocycles. The predicted molar refractivity (Wildman–Crippen MR) is 89.5 cm³/mol. The summed E-state index contributed by atoms with van der Waals surface area (Å²) in [4.78, 5) is 16.3. The standard InChI is InChI=1S/C20H10F7NO/c21-16-9-14(20(25,26)27)6-7-15(16)18(29)12-3-8-17(28-10-12)11-1-4-13(5-2-11)19(22,23)24/h1-10H. The van der Waals surface area contributed by atoms with Crippen molar-refractivity contribution >= 4 is 5.78 Å². The molecule has 0 aliphatic rings. The van der Waals surface area contributed by atoms with Crippen molar-refractivity contribution in [2.45, 2.75) is 12.4 Å². The summed E-state index contributed by atoms with van der Waals surface area (Å²) in [5.41, 5.74) is -2.06. The Kier molecular flexibility index (Phi) is 5.16. The lowest BCUT2D eigenvalue weighted by Gasteiger charge is -2.09. The highest BCUT2D eigenvalue weighted by Crippen LogP contribution is 2.32. The minimum Gasteiger partial charge on any atom is -0.288 e. The van der Waals surface area contributed by atoms with Gasteiger partial charge in [-0.25, -0.2) is 4.39 Å². The van der Waals surface area contributed by atoms with Crippen molar-refractivity contribution in [3.63, 3.8) is 0 Å². The van der Waals surface area contributed by atoms with Gasteiger partial charge in [-0.15, -0.1) is 0 Å². The first kappa shape index (κ1) is 20.5. The van der Waals surface area contributed by atoms with Crippen LogP contribution in [-0.4, -0.2) is 10.8 Å². The topological polar surface area (TPSA) is 30.0 Å². The number of nitrogens with zero attached hydrogens (tertiary/aromatic N) is 1. The maximum atomic E-state index is 14.0. The van der Waals surface area contributed by atoms with Gasteiger partial charge in [0, 0.05) is 17.3 Å². The molecule has 150 valence electrons. The molecule has 0 amide bonds. The zero-order chi connectivity index (χ0) is 21.4. The maximum absolute atomic E-state index is 14.0. The third-order valence-corrected chi connectivity index (χ3v) is 4.07. The molecule has 0 fully saturated rings. The third kappa shape index (κ3) is 4.44. The van der Waals surface area contributed by atoms with Gasteiger partial charge in [0.1, 0.15) is 5.82 Å². The van der Waals surface area contributed by atoms with E-state index in [1.54, 1.807) is 0 Å². The Bertz CT molecular complexity index is 1040. The molecule has 0 atom stereocenters. The number of hydrogen-bond acceptors (Lipinski definition) is 2. The van der Waals surface area contributed by atoms with E-state index in [0.717, 1.165) is 24.4 Å². The summed E-state index contributed by atoms with van der Waals surface area (Å²) in [5, 5.41) is 0. The SMILES string of the molecule is O=C(c1ccc(-c2ccc(C(F)(F)F)cc2)nc1)c1ccc(C(F)(F)F)cc1F. The van der Waals surface area contributed by atoms with E-state index in [2.05, 4.69) is 4.98 Å². The Hall–Kier alpha value is -3.23. The average molecular weight is 413 g/mol. The van der Waals surface area contributed by atoms with E-state index >= 15 is 0 Å². The van der Waals surface area contributed by atoms with Gasteiger partial charge in [-0.2, -0.15) is 26.3 Å². The smallest absolute Gasteiger partial charge is 0.288 e. The molecule has 9 heteroatoms. The van der Waals surface area contributed by atoms with Gasteiger partial charge < -0.3 is 0 Å². The number of hydrogen-bond donors (Lipinski definition) is 0. The van der Waals surface area contributed by atoms with E-state index in [1.807, 2.05) is 0 Å². The maximum Gasteiger partial charge on any atom is 0.416 e. The normalized spacial score (nSPS) is 12.1. The molecule has 1 aromatic heterocycles. The summed E-state index contributed by atoms with van der Waals surface area (Å²) >= 11 is 0. The summed E-state index contributed by atoms with van der Waals surface area (Å²) < 4.78 is 89.6. The van der Waals surface area contributed by atoms with Crippen molar-refractivity contribution in [2.75, 3.05) is 0 Å². The Labute approximate surface area is 159 Å². The molecule has 0 aliphatic heterocycles. The van der Waals surface area contributed by atoms with Crippen molar-refractivity contribution in [3.8, 4) is 11.3 Å². The van der Waals surface area contributed by atoms with E-state index in [9.17, 15) is 35.5 Å². The first-order valence-corrected chi connectivity index (χ1v) is 8.02. The van der Waals surface area contributed by atoms with E-state index in [-0.39, 0.29) is 17.3 Å². The zero-order valence-corrected chi connectivity index (χ0v) is 14.3. The Morgan fingerprint density at radius 2 is 1.34 bits per heavy atom. The highest BCUT2D eigenvalue weighted by molar-refractivity contribution is 6.09. The van der Waals surface area contributed by atoms with Crippen LogP contribution in [0.2, 0.25) is 0 Å². The number of halogens is 7. The molecule has 3 rings (SSSR count). The first-order valence-electron chi connectivity index (χ1n) is 8.02. The zero-order valence-electron chi connectivity index (χ0n) is 14.3. The van der Waals surface area contributed by atoms with Crippen LogP contribution in [0.25, 0.3) is 11.3 Å². The molecule has 0 spiro atoms. The Balaban J connectivity index is 1.84. The lowest BCUT2D eigenvalue weighted by molar-refractivity contribution is -0.138. The number of rotatable bonds is 3. The Morgan fingerprint density at radius 1 is 0.759 bits per heavy atom. The van der Waals surface area contributed by atoms with Crippen LogP contribution < -0.4 is 0 Å². The lowest BCUT2D eigenvalue weighted by Crippen LogP contribution is -2.09. The number of carbonyl (C=O) groups is 1. The average Bonchev–Trinajstić information content (AvgIpc) is 2.66. The molecule has 0 N–H and O–H groups in total. The van der Waals surface area contributed by atoms with E-state index < -0.39 is 40.6 Å². The molecular formula is C20H10F7NO. The van der Waals surface area contributed by atoms with Crippen molar-refractivity contribution in [1.29, 1.82) is 0 Å². The largest absolute Gasteiger partial charge is 0.416 e. The molecule has 0 radical (unpaired) electrons. The summed E-state index contributed by atoms with van der Waals surface area (Å²) in [7, 11) is 0. The van der Waals surface area contributed by atoms with Gasteiger partial charge in [0.2, 0.25) is 0 Å². The van der Waals surface area contributed by atoms with Gasteiger partial charge >= 0.3 is 12.4 Å². The minimum atomic E-state index is -4.74. The van der Waals surface area contributed by atoms with E-state index in [4.69, 9.17) is 0 Å². The number of pyridine rings is 1. The van der Waals surface area contributed by atoms with Gasteiger partial charge in [-0.05, 0) is 42.5 Å². The molecule has 2 nitrogen and oxygen atoms in total. The fourth-order valence-electron chi connectivity index (χ4n) is 2.56. The summed E-state index contributed by atoms with van der Waals surface area (Å²) in [6, 6.07) is 8.37. The van der Waals surface area contributed by atoms with Crippen LogP contribution in [0.1, 0.15) is 27.0 Å². The second-order valence-electron chi connectivity index (χ2n) is 6.03. The van der Waals surface area contributed by atoms with Crippen LogP contribution in [0.4, 0.5) is 30.7 Å². The Morgan fingerprint density at radius 3 is 1.83 bits per heavy atom. The van der Waals surface area contributed by atoms with Crippen LogP contribution in [-0.2, 0) is 12.4 Å². The number of ketones is 1. The van der Waals surface area contributed by atoms with Crippen molar-refractivity contribution in [2.24, 2.45) is 0 Å². The quantitative estimate of drug-likeness (QED) is 0.381. The summed E-state index contributed by atoms with van der Waals surface area (Å²) in [6.07, 6.45) is -8.15. The second-order valence-corrected chi connectivity index (χ2v) is 6.03. The molecular weight excluding hydrogens is 403 g/mol. The van der Waals surface area contributed by atoms with Crippen LogP contribution in [0, 0.1) is 5.82 Å². The number of benzene rings is 2. The molecule has 0 bridgehead atoms. The molecule has 3 aromatic rings. The van der Waals surface area contributed by atoms with Gasteiger partial charge in [-0.1, -0.05) is 12.1 Å². The number of carbonyl (C=O) groups excluding carboxylic acids is 1. The van der Waals surface area contributed by atoms with Crippen LogP contribution >= 0.6 is 0 Å². The molecule has 1 heterocycles. The first-order chi connectivity index (χ1) is 13.5. The minimum absolute atomic E-state index is 0.0840. The molecule has 2 aromatic carbocycles. The van der Waals surface area contributed by atoms with E-state index in [1.165, 1.54) is 24.3 Å². The molecule has 0 aliphatic carbocycles. The highest BCUT2D eigenvalue weighted by Gasteiger charge is 2.32. The van der Waals surface area contributed by atoms with Gasteiger partial charge in [-0.3, -0.25) is 9.78 Å². The number of aromatic nitrogens is 1. The molecule has 29 heavy (non-hydrogen) atoms. The monoisotopic (exact) mass is 413 g/mol. The number of alkyl halides is 6. The van der Waals surface area contributed by atoms with Crippen LogP contribution in [0.15, 0.2) is 60.8 Å². The van der Waals surface area contributed by atoms with Gasteiger partial charge in [0.15, 0.2) is 5.78 Å². The van der Waals surface area contributed by atoms with Gasteiger partial charge in [0.25, 0.3) is 0 Å². The third-order valence-electron chi connectivity index (χ3n) is 4.07. The fraction of sp³-hybridized carbons (Fsp3) is 0.100. The molecule has 0 unspecified atom stereocenters. The van der Waals surface area contributed by atoms with Crippen molar-refractivity contribution < 1.29 is 35.5 Å². The van der Waals surface area contributed by atoms with Crippen LogP contribution in [0.5, 0.6) is 0 Å². The molecule has 0 saturated heterocycles. The lowest BCUT2D eigenvalue weighted by atomic mass is 10.0. The fourth-order valence-corrected chi connectivity index (χ4v) is 2.56. The van der Waals surface area contributed by atoms with E-state index in [0.29, 0.717) is 11.6 Å². The highest BCUT2D eigenvalue weighted by atomic mass is 19.4. The summed E-state index contributed by atoms with van der Waals surface area (Å²) in [6.45, 7) is 0.